The molecule has 0 aliphatic rings. The average Bonchev–Trinajstić information content (AvgIpc) is 2.17. The van der Waals surface area contributed by atoms with Gasteiger partial charge in [-0.25, -0.2) is 0 Å². The van der Waals surface area contributed by atoms with Gasteiger partial charge < -0.3 is 5.11 Å². The van der Waals surface area contributed by atoms with Crippen LogP contribution in [-0.4, -0.2) is 10.9 Å². The van der Waals surface area contributed by atoms with Crippen LogP contribution in [0, 0.1) is 11.3 Å². The van der Waals surface area contributed by atoms with Crippen LogP contribution in [-0.2, 0) is 21.9 Å². The van der Waals surface area contributed by atoms with Crippen LogP contribution in [0.25, 0.3) is 0 Å². The van der Waals surface area contributed by atoms with Crippen LogP contribution >= 0.6 is 0 Å². The molecule has 0 aromatic heterocycles. The maximum Gasteiger partial charge on any atom is 0.162 e. The van der Waals surface area contributed by atoms with Crippen LogP contribution in [0.5, 0.6) is 0 Å². The van der Waals surface area contributed by atoms with Crippen LogP contribution in [0.3, 0.4) is 0 Å². The number of carbonyl (C=O) groups excluding carboxylic acids is 1. The van der Waals surface area contributed by atoms with Gasteiger partial charge in [0.1, 0.15) is 5.76 Å². The largest absolute Gasteiger partial charge is 0.512 e. The molecule has 0 fully saturated rings. The van der Waals surface area contributed by atoms with Gasteiger partial charge in [0.15, 0.2) is 5.78 Å². The molecule has 1 unspecified atom stereocenters. The van der Waals surface area contributed by atoms with Crippen molar-refractivity contribution in [3.63, 3.8) is 0 Å². The van der Waals surface area contributed by atoms with Crippen molar-refractivity contribution in [1.29, 1.82) is 0 Å². The zero-order valence-corrected chi connectivity index (χ0v) is 12.6. The standard InChI is InChI=1S/C14H26O2.Cu/c1-6-8-9-11(7-2)12(15)10-13(16)14(3,4)5;/h10-11,16H,6-9H2,1-5H3;/b13-10-;. The minimum Gasteiger partial charge on any atom is -0.512 e. The summed E-state index contributed by atoms with van der Waals surface area (Å²) in [5.41, 5.74) is -0.335. The van der Waals surface area contributed by atoms with Gasteiger partial charge in [-0.15, -0.1) is 0 Å². The Bertz CT molecular complexity index is 251. The summed E-state index contributed by atoms with van der Waals surface area (Å²) in [6.45, 7) is 9.86. The van der Waals surface area contributed by atoms with Crippen LogP contribution in [0.4, 0.5) is 0 Å². The number of hydrogen-bond donors (Lipinski definition) is 1. The summed E-state index contributed by atoms with van der Waals surface area (Å²) in [6.07, 6.45) is 5.39. The molecule has 0 spiro atoms. The SMILES string of the molecule is CCCCC(CC)C(=O)/C=C(\O)C(C)(C)C.[Cu]. The van der Waals surface area contributed by atoms with Crippen molar-refractivity contribution in [3.8, 4) is 0 Å². The fraction of sp³-hybridized carbons (Fsp3) is 0.786. The third kappa shape index (κ3) is 7.62. The molecule has 1 atom stereocenters. The van der Waals surface area contributed by atoms with Crippen molar-refractivity contribution in [1.82, 2.24) is 0 Å². The van der Waals surface area contributed by atoms with E-state index in [9.17, 15) is 9.90 Å². The van der Waals surface area contributed by atoms with Crippen molar-refractivity contribution < 1.29 is 27.0 Å². The van der Waals surface area contributed by atoms with Gasteiger partial charge >= 0.3 is 0 Å². The first-order valence-corrected chi connectivity index (χ1v) is 6.27. The zero-order valence-electron chi connectivity index (χ0n) is 11.6. The molecule has 0 rings (SSSR count). The Labute approximate surface area is 116 Å². The summed E-state index contributed by atoms with van der Waals surface area (Å²) in [4.78, 5) is 11.9. The van der Waals surface area contributed by atoms with Gasteiger partial charge in [0.25, 0.3) is 0 Å². The molecule has 105 valence electrons. The second-order valence-electron chi connectivity index (χ2n) is 5.43. The summed E-state index contributed by atoms with van der Waals surface area (Å²) in [5.74, 6) is 0.334. The molecule has 1 N–H and O–H groups in total. The van der Waals surface area contributed by atoms with Gasteiger partial charge in [-0.1, -0.05) is 47.5 Å². The molecule has 0 saturated carbocycles. The molecule has 0 aromatic rings. The third-order valence-electron chi connectivity index (χ3n) is 2.85. The summed E-state index contributed by atoms with van der Waals surface area (Å²) in [7, 11) is 0. The molecule has 0 heterocycles. The fourth-order valence-electron chi connectivity index (χ4n) is 1.47. The number of aliphatic hydroxyl groups is 1. The monoisotopic (exact) mass is 289 g/mol. The summed E-state index contributed by atoms with van der Waals surface area (Å²) in [6, 6.07) is 0. The van der Waals surface area contributed by atoms with Gasteiger partial charge in [0.2, 0.25) is 0 Å². The molecule has 0 aliphatic heterocycles. The first-order chi connectivity index (χ1) is 7.32. The normalized spacial score (nSPS) is 14.1. The van der Waals surface area contributed by atoms with E-state index in [0.717, 1.165) is 25.7 Å². The Morgan fingerprint density at radius 3 is 2.18 bits per heavy atom. The number of carbonyl (C=O) groups is 1. The number of rotatable bonds is 6. The molecule has 0 amide bonds. The number of unbranched alkanes of at least 4 members (excludes halogenated alkanes) is 1. The van der Waals surface area contributed by atoms with Crippen LogP contribution in [0.15, 0.2) is 11.8 Å². The predicted octanol–water partition coefficient (Wildman–Crippen LogP) is 4.26. The van der Waals surface area contributed by atoms with E-state index in [-0.39, 0.29) is 39.9 Å². The molecule has 2 nitrogen and oxygen atoms in total. The number of allylic oxidation sites excluding steroid dienone is 2. The minimum absolute atomic E-state index is 0. The molecule has 1 radical (unpaired) electrons. The topological polar surface area (TPSA) is 37.3 Å². The van der Waals surface area contributed by atoms with Crippen molar-refractivity contribution in [3.05, 3.63) is 11.8 Å². The number of ketones is 1. The maximum atomic E-state index is 11.9. The molecular weight excluding hydrogens is 264 g/mol. The van der Waals surface area contributed by atoms with Gasteiger partial charge in [-0.2, -0.15) is 0 Å². The Balaban J connectivity index is 0. The maximum absolute atomic E-state index is 11.9. The van der Waals surface area contributed by atoms with Crippen LogP contribution in [0.2, 0.25) is 0 Å². The Hall–Kier alpha value is -0.271. The Kier molecular flexibility index (Phi) is 9.84. The second-order valence-corrected chi connectivity index (χ2v) is 5.43. The second kappa shape index (κ2) is 8.77. The van der Waals surface area contributed by atoms with Crippen molar-refractivity contribution in [2.24, 2.45) is 11.3 Å². The van der Waals surface area contributed by atoms with Crippen molar-refractivity contribution >= 4 is 5.78 Å². The quantitative estimate of drug-likeness (QED) is 0.451. The van der Waals surface area contributed by atoms with E-state index in [0.29, 0.717) is 0 Å². The van der Waals surface area contributed by atoms with E-state index < -0.39 is 0 Å². The first kappa shape index (κ1) is 19.1. The molecule has 0 bridgehead atoms. The fourth-order valence-corrected chi connectivity index (χ4v) is 1.47. The van der Waals surface area contributed by atoms with Gasteiger partial charge in [0.05, 0.1) is 0 Å². The van der Waals surface area contributed by atoms with E-state index in [1.807, 2.05) is 27.7 Å². The molecule has 3 heteroatoms. The van der Waals surface area contributed by atoms with Crippen molar-refractivity contribution in [2.75, 3.05) is 0 Å². The molecule has 0 aliphatic carbocycles. The van der Waals surface area contributed by atoms with Crippen molar-refractivity contribution in [2.45, 2.75) is 60.3 Å². The van der Waals surface area contributed by atoms with E-state index in [2.05, 4.69) is 6.92 Å². The molecule has 0 saturated heterocycles. The summed E-state index contributed by atoms with van der Waals surface area (Å²) in [5, 5.41) is 9.77. The number of hydrogen-bond acceptors (Lipinski definition) is 2. The molecular formula is C14H26CuO2. The smallest absolute Gasteiger partial charge is 0.162 e. The Morgan fingerprint density at radius 1 is 1.29 bits per heavy atom. The van der Waals surface area contributed by atoms with E-state index >= 15 is 0 Å². The predicted molar refractivity (Wildman–Crippen MR) is 68.5 cm³/mol. The average molecular weight is 290 g/mol. The van der Waals surface area contributed by atoms with Gasteiger partial charge in [-0.05, 0) is 12.8 Å². The van der Waals surface area contributed by atoms with Crippen LogP contribution < -0.4 is 0 Å². The zero-order chi connectivity index (χ0) is 12.8. The third-order valence-corrected chi connectivity index (χ3v) is 2.85. The van der Waals surface area contributed by atoms with E-state index in [1.54, 1.807) is 0 Å². The van der Waals surface area contributed by atoms with Gasteiger partial charge in [0, 0.05) is 34.5 Å². The van der Waals surface area contributed by atoms with E-state index in [4.69, 9.17) is 0 Å². The summed E-state index contributed by atoms with van der Waals surface area (Å²) < 4.78 is 0. The summed E-state index contributed by atoms with van der Waals surface area (Å²) >= 11 is 0. The molecule has 17 heavy (non-hydrogen) atoms. The van der Waals surface area contributed by atoms with E-state index in [1.165, 1.54) is 6.08 Å². The molecule has 0 aromatic carbocycles. The van der Waals surface area contributed by atoms with Crippen LogP contribution in [0.1, 0.15) is 60.3 Å². The number of aliphatic hydroxyl groups excluding tert-OH is 1. The Morgan fingerprint density at radius 2 is 1.82 bits per heavy atom. The van der Waals surface area contributed by atoms with Gasteiger partial charge in [-0.3, -0.25) is 4.79 Å². The first-order valence-electron chi connectivity index (χ1n) is 6.27. The minimum atomic E-state index is -0.335.